The van der Waals surface area contributed by atoms with E-state index in [4.69, 9.17) is 17.3 Å². The molecule has 5 nitrogen and oxygen atoms in total. The summed E-state index contributed by atoms with van der Waals surface area (Å²) in [6.07, 6.45) is 0.204. The fraction of sp³-hybridized carbons (Fsp3) is 0.125. The summed E-state index contributed by atoms with van der Waals surface area (Å²) in [6.45, 7) is 0.251. The molecule has 0 saturated heterocycles. The van der Waals surface area contributed by atoms with Crippen LogP contribution in [-0.2, 0) is 4.79 Å². The Labute approximate surface area is 137 Å². The zero-order valence-corrected chi connectivity index (χ0v) is 12.9. The van der Waals surface area contributed by atoms with Crippen LogP contribution in [0.1, 0.15) is 16.8 Å². The van der Waals surface area contributed by atoms with Crippen LogP contribution in [0.25, 0.3) is 0 Å². The Bertz CT molecular complexity index is 737. The Balaban J connectivity index is 2.09. The van der Waals surface area contributed by atoms with Gasteiger partial charge in [-0.25, -0.2) is 4.39 Å². The van der Waals surface area contributed by atoms with Crippen molar-refractivity contribution < 1.29 is 14.0 Å². The molecule has 0 bridgehead atoms. The first-order chi connectivity index (χ1) is 11.0. The van der Waals surface area contributed by atoms with Crippen LogP contribution >= 0.6 is 11.6 Å². The summed E-state index contributed by atoms with van der Waals surface area (Å²) in [4.78, 5) is 23.5. The van der Waals surface area contributed by atoms with Crippen LogP contribution in [0.5, 0.6) is 0 Å². The van der Waals surface area contributed by atoms with Gasteiger partial charge < -0.3 is 16.4 Å². The fourth-order valence-electron chi connectivity index (χ4n) is 1.87. The molecule has 0 fully saturated rings. The summed E-state index contributed by atoms with van der Waals surface area (Å²) in [7, 11) is 0. The number of carbonyl (C=O) groups is 2. The van der Waals surface area contributed by atoms with Gasteiger partial charge >= 0.3 is 0 Å². The summed E-state index contributed by atoms with van der Waals surface area (Å²) >= 11 is 6.09. The molecule has 0 heterocycles. The molecule has 2 aromatic carbocycles. The second-order valence-electron chi connectivity index (χ2n) is 4.75. The number of nitrogens with two attached hydrogens (primary N) is 1. The van der Waals surface area contributed by atoms with Crippen LogP contribution in [0.15, 0.2) is 42.5 Å². The Morgan fingerprint density at radius 3 is 2.57 bits per heavy atom. The second kappa shape index (κ2) is 7.71. The summed E-state index contributed by atoms with van der Waals surface area (Å²) in [6, 6.07) is 9.99. The molecule has 23 heavy (non-hydrogen) atoms. The first-order valence-electron chi connectivity index (χ1n) is 6.86. The standard InChI is InChI=1S/C16H15ClFN3O2/c17-13-9-12(20-15(22)6-7-19)4-5-14(13)21-16(23)10-2-1-3-11(18)8-10/h1-5,8-9H,6-7,19H2,(H,20,22)(H,21,23). The van der Waals surface area contributed by atoms with E-state index < -0.39 is 11.7 Å². The molecular weight excluding hydrogens is 321 g/mol. The van der Waals surface area contributed by atoms with Crippen LogP contribution in [-0.4, -0.2) is 18.4 Å². The highest BCUT2D eigenvalue weighted by molar-refractivity contribution is 6.34. The largest absolute Gasteiger partial charge is 0.330 e. The van der Waals surface area contributed by atoms with Crippen molar-refractivity contribution >= 4 is 34.8 Å². The van der Waals surface area contributed by atoms with Crippen molar-refractivity contribution in [2.45, 2.75) is 6.42 Å². The van der Waals surface area contributed by atoms with Gasteiger partial charge in [0.15, 0.2) is 0 Å². The lowest BCUT2D eigenvalue weighted by Gasteiger charge is -2.10. The average molecular weight is 336 g/mol. The van der Waals surface area contributed by atoms with E-state index in [0.717, 1.165) is 6.07 Å². The third-order valence-electron chi connectivity index (χ3n) is 2.96. The molecule has 7 heteroatoms. The normalized spacial score (nSPS) is 10.2. The number of nitrogens with one attached hydrogen (secondary N) is 2. The van der Waals surface area contributed by atoms with Crippen molar-refractivity contribution in [1.29, 1.82) is 0 Å². The van der Waals surface area contributed by atoms with Crippen LogP contribution in [0.3, 0.4) is 0 Å². The zero-order valence-electron chi connectivity index (χ0n) is 12.1. The zero-order chi connectivity index (χ0) is 16.8. The average Bonchev–Trinajstić information content (AvgIpc) is 2.50. The molecule has 0 aliphatic heterocycles. The minimum Gasteiger partial charge on any atom is -0.330 e. The molecule has 120 valence electrons. The molecule has 0 aliphatic rings. The maximum absolute atomic E-state index is 13.1. The molecule has 0 spiro atoms. The highest BCUT2D eigenvalue weighted by Gasteiger charge is 2.10. The van der Waals surface area contributed by atoms with Crippen molar-refractivity contribution in [3.05, 3.63) is 58.9 Å². The SMILES string of the molecule is NCCC(=O)Nc1ccc(NC(=O)c2cccc(F)c2)c(Cl)c1. The molecule has 2 amide bonds. The highest BCUT2D eigenvalue weighted by Crippen LogP contribution is 2.26. The summed E-state index contributed by atoms with van der Waals surface area (Å²) in [5.41, 5.74) is 6.34. The minimum atomic E-state index is -0.498. The molecule has 2 aromatic rings. The number of benzene rings is 2. The van der Waals surface area contributed by atoms with Gasteiger partial charge in [0, 0.05) is 24.2 Å². The summed E-state index contributed by atoms with van der Waals surface area (Å²) in [5.74, 6) is -1.20. The molecule has 0 saturated carbocycles. The Morgan fingerprint density at radius 1 is 1.13 bits per heavy atom. The highest BCUT2D eigenvalue weighted by atomic mass is 35.5. The Kier molecular flexibility index (Phi) is 5.67. The van der Waals surface area contributed by atoms with Gasteiger partial charge in [-0.2, -0.15) is 0 Å². The van der Waals surface area contributed by atoms with Gasteiger partial charge in [-0.3, -0.25) is 9.59 Å². The second-order valence-corrected chi connectivity index (χ2v) is 5.15. The number of hydrogen-bond donors (Lipinski definition) is 3. The topological polar surface area (TPSA) is 84.2 Å². The lowest BCUT2D eigenvalue weighted by molar-refractivity contribution is -0.116. The van der Waals surface area contributed by atoms with E-state index >= 15 is 0 Å². The maximum Gasteiger partial charge on any atom is 0.255 e. The van der Waals surface area contributed by atoms with Crippen molar-refractivity contribution in [3.63, 3.8) is 0 Å². The smallest absolute Gasteiger partial charge is 0.255 e. The first-order valence-corrected chi connectivity index (χ1v) is 7.24. The summed E-state index contributed by atoms with van der Waals surface area (Å²) < 4.78 is 13.1. The quantitative estimate of drug-likeness (QED) is 0.785. The maximum atomic E-state index is 13.1. The number of hydrogen-bond acceptors (Lipinski definition) is 3. The Morgan fingerprint density at radius 2 is 1.91 bits per heavy atom. The van der Waals surface area contributed by atoms with Gasteiger partial charge in [0.2, 0.25) is 5.91 Å². The Hall–Kier alpha value is -2.44. The molecule has 2 rings (SSSR count). The summed E-state index contributed by atoms with van der Waals surface area (Å²) in [5, 5.41) is 5.48. The molecule has 0 aromatic heterocycles. The predicted molar refractivity (Wildman–Crippen MR) is 88.1 cm³/mol. The molecular formula is C16H15ClFN3O2. The molecule has 0 radical (unpaired) electrons. The van der Waals surface area contributed by atoms with E-state index in [-0.39, 0.29) is 29.5 Å². The lowest BCUT2D eigenvalue weighted by Crippen LogP contribution is -2.16. The van der Waals surface area contributed by atoms with E-state index in [1.54, 1.807) is 12.1 Å². The molecule has 0 unspecified atom stereocenters. The van der Waals surface area contributed by atoms with Crippen LogP contribution < -0.4 is 16.4 Å². The third-order valence-corrected chi connectivity index (χ3v) is 3.27. The third kappa shape index (κ3) is 4.77. The first kappa shape index (κ1) is 16.9. The van der Waals surface area contributed by atoms with Gasteiger partial charge in [-0.1, -0.05) is 17.7 Å². The lowest BCUT2D eigenvalue weighted by atomic mass is 10.2. The van der Waals surface area contributed by atoms with E-state index in [1.165, 1.54) is 24.3 Å². The van der Waals surface area contributed by atoms with Crippen LogP contribution in [0.4, 0.5) is 15.8 Å². The predicted octanol–water partition coefficient (Wildman–Crippen LogP) is 3.02. The van der Waals surface area contributed by atoms with Gasteiger partial charge in [0.05, 0.1) is 10.7 Å². The van der Waals surface area contributed by atoms with Gasteiger partial charge in [-0.15, -0.1) is 0 Å². The minimum absolute atomic E-state index is 0.182. The van der Waals surface area contributed by atoms with Gasteiger partial charge in [-0.05, 0) is 36.4 Å². The molecule has 4 N–H and O–H groups in total. The number of carbonyl (C=O) groups excluding carboxylic acids is 2. The fourth-order valence-corrected chi connectivity index (χ4v) is 2.10. The van der Waals surface area contributed by atoms with E-state index in [0.29, 0.717) is 11.4 Å². The van der Waals surface area contributed by atoms with E-state index in [9.17, 15) is 14.0 Å². The molecule has 0 aliphatic carbocycles. The van der Waals surface area contributed by atoms with E-state index in [1.807, 2.05) is 0 Å². The number of rotatable bonds is 5. The number of halogens is 2. The number of amides is 2. The van der Waals surface area contributed by atoms with Crippen molar-refractivity contribution in [3.8, 4) is 0 Å². The van der Waals surface area contributed by atoms with E-state index in [2.05, 4.69) is 10.6 Å². The van der Waals surface area contributed by atoms with Crippen molar-refractivity contribution in [1.82, 2.24) is 0 Å². The van der Waals surface area contributed by atoms with Crippen molar-refractivity contribution in [2.75, 3.05) is 17.2 Å². The number of anilines is 2. The monoisotopic (exact) mass is 335 g/mol. The van der Waals surface area contributed by atoms with Gasteiger partial charge in [0.25, 0.3) is 5.91 Å². The molecule has 0 atom stereocenters. The van der Waals surface area contributed by atoms with Crippen LogP contribution in [0.2, 0.25) is 5.02 Å². The van der Waals surface area contributed by atoms with Gasteiger partial charge in [0.1, 0.15) is 5.82 Å². The van der Waals surface area contributed by atoms with Crippen molar-refractivity contribution in [2.24, 2.45) is 5.73 Å². The van der Waals surface area contributed by atoms with Crippen LogP contribution in [0, 0.1) is 5.82 Å².